The largest absolute Gasteiger partial charge is 0.492 e. The Balaban J connectivity index is 1.27. The van der Waals surface area contributed by atoms with Crippen molar-refractivity contribution in [2.75, 3.05) is 32.8 Å². The highest BCUT2D eigenvalue weighted by atomic mass is 16.5. The summed E-state index contributed by atoms with van der Waals surface area (Å²) in [6.07, 6.45) is 6.68. The number of amides is 3. The lowest BCUT2D eigenvalue weighted by atomic mass is 10.1. The zero-order chi connectivity index (χ0) is 30.6. The van der Waals surface area contributed by atoms with Crippen molar-refractivity contribution in [1.82, 2.24) is 34.8 Å². The highest BCUT2D eigenvalue weighted by Crippen LogP contribution is 2.25. The summed E-state index contributed by atoms with van der Waals surface area (Å²) >= 11 is 0. The Morgan fingerprint density at radius 3 is 2.64 bits per heavy atom. The number of nitrogens with zero attached hydrogens (tertiary/aromatic N) is 6. The van der Waals surface area contributed by atoms with E-state index in [9.17, 15) is 14.4 Å². The maximum atomic E-state index is 14.1. The van der Waals surface area contributed by atoms with Crippen LogP contribution in [0.2, 0.25) is 0 Å². The molecule has 4 aromatic rings. The predicted octanol–water partition coefficient (Wildman–Crippen LogP) is 3.52. The number of carbonyl (C=O) groups is 3. The monoisotopic (exact) mass is 599 g/mol. The third-order valence-corrected chi connectivity index (χ3v) is 8.24. The summed E-state index contributed by atoms with van der Waals surface area (Å²) in [4.78, 5) is 52.0. The Morgan fingerprint density at radius 2 is 1.82 bits per heavy atom. The SMILES string of the molecule is Cc1cc(C(=O)N2CCCCN(C(=O)C3CCC(=O)N3)CCOc3cccc(c3)-c3nccn3CCC2)c2c(C)noc2n1. The van der Waals surface area contributed by atoms with Gasteiger partial charge in [0.05, 0.1) is 23.2 Å². The topological polar surface area (TPSA) is 136 Å². The van der Waals surface area contributed by atoms with Crippen molar-refractivity contribution in [1.29, 1.82) is 0 Å². The molecular weight excluding hydrogens is 562 g/mol. The molecule has 1 atom stereocenters. The van der Waals surface area contributed by atoms with Gasteiger partial charge in [-0.1, -0.05) is 17.3 Å². The highest BCUT2D eigenvalue weighted by Gasteiger charge is 2.31. The molecule has 0 spiro atoms. The van der Waals surface area contributed by atoms with Gasteiger partial charge in [0.1, 0.15) is 24.2 Å². The van der Waals surface area contributed by atoms with E-state index in [1.54, 1.807) is 17.2 Å². The van der Waals surface area contributed by atoms with Crippen LogP contribution in [-0.2, 0) is 16.1 Å². The van der Waals surface area contributed by atoms with Crippen LogP contribution in [0.5, 0.6) is 5.75 Å². The van der Waals surface area contributed by atoms with E-state index in [1.807, 2.05) is 49.2 Å². The van der Waals surface area contributed by atoms with Crippen LogP contribution in [-0.4, -0.2) is 86.0 Å². The average Bonchev–Trinajstić information content (AvgIpc) is 3.76. The van der Waals surface area contributed by atoms with Crippen LogP contribution < -0.4 is 10.1 Å². The molecule has 1 unspecified atom stereocenters. The standard InChI is InChI=1S/C32H37N7O5/c1-21-19-25(28-22(2)36-44-30(28)34-21)31(41)38-12-3-4-13-39(32(42)26-9-10-27(40)35-26)17-18-43-24-8-5-7-23(20-24)29-33-11-16-37(29)14-6-15-38/h5,7-8,11,16,19-20,26H,3-4,6,9-10,12-15,17-18H2,1-2H3,(H,35,40). The Morgan fingerprint density at radius 1 is 1.00 bits per heavy atom. The number of hydrogen-bond donors (Lipinski definition) is 1. The van der Waals surface area contributed by atoms with E-state index < -0.39 is 6.04 Å². The van der Waals surface area contributed by atoms with E-state index in [2.05, 4.69) is 25.0 Å². The van der Waals surface area contributed by atoms with Crippen LogP contribution in [0.4, 0.5) is 0 Å². The number of nitrogens with one attached hydrogen (secondary N) is 1. The molecule has 0 saturated carbocycles. The van der Waals surface area contributed by atoms with Gasteiger partial charge in [0.15, 0.2) is 0 Å². The van der Waals surface area contributed by atoms with Crippen molar-refractivity contribution >= 4 is 28.8 Å². The normalized spacial score (nSPS) is 18.4. The van der Waals surface area contributed by atoms with E-state index in [-0.39, 0.29) is 17.7 Å². The molecule has 1 aromatic carbocycles. The average molecular weight is 600 g/mol. The molecule has 3 amide bonds. The summed E-state index contributed by atoms with van der Waals surface area (Å²) in [6.45, 7) is 6.56. The Labute approximate surface area is 255 Å². The van der Waals surface area contributed by atoms with Crippen molar-refractivity contribution in [3.05, 3.63) is 59.7 Å². The second kappa shape index (κ2) is 12.9. The fourth-order valence-corrected chi connectivity index (χ4v) is 6.01. The molecule has 3 aromatic heterocycles. The second-order valence-electron chi connectivity index (χ2n) is 11.4. The van der Waals surface area contributed by atoms with Crippen LogP contribution in [0, 0.1) is 13.8 Å². The number of ether oxygens (including phenoxy) is 1. The van der Waals surface area contributed by atoms with Gasteiger partial charge in [-0.3, -0.25) is 14.4 Å². The molecule has 12 heteroatoms. The highest BCUT2D eigenvalue weighted by molar-refractivity contribution is 6.06. The third-order valence-electron chi connectivity index (χ3n) is 8.24. The first kappa shape index (κ1) is 29.3. The molecule has 1 saturated heterocycles. The molecule has 1 fully saturated rings. The first-order valence-electron chi connectivity index (χ1n) is 15.2. The van der Waals surface area contributed by atoms with Crippen LogP contribution in [0.25, 0.3) is 22.5 Å². The Hall–Kier alpha value is -4.74. The number of aromatic nitrogens is 4. The van der Waals surface area contributed by atoms with Crippen molar-refractivity contribution in [3.8, 4) is 17.1 Å². The fraction of sp³-hybridized carbons (Fsp3) is 0.438. The zero-order valence-corrected chi connectivity index (χ0v) is 25.1. The van der Waals surface area contributed by atoms with Gasteiger partial charge in [0.25, 0.3) is 11.6 Å². The van der Waals surface area contributed by atoms with Gasteiger partial charge in [-0.05, 0) is 57.7 Å². The lowest BCUT2D eigenvalue weighted by Gasteiger charge is -2.27. The number of fused-ring (bicyclic) bond motifs is 5. The number of aryl methyl sites for hydroxylation is 3. The van der Waals surface area contributed by atoms with Crippen molar-refractivity contribution in [2.45, 2.75) is 58.5 Å². The molecule has 1 N–H and O–H groups in total. The molecule has 6 rings (SSSR count). The van der Waals surface area contributed by atoms with Gasteiger partial charge in [0.2, 0.25) is 11.8 Å². The molecule has 5 heterocycles. The summed E-state index contributed by atoms with van der Waals surface area (Å²) in [5.41, 5.74) is 3.12. The number of imidazole rings is 1. The summed E-state index contributed by atoms with van der Waals surface area (Å²) < 4.78 is 13.6. The second-order valence-corrected chi connectivity index (χ2v) is 11.4. The van der Waals surface area contributed by atoms with Gasteiger partial charge in [0, 0.05) is 56.3 Å². The maximum Gasteiger partial charge on any atom is 0.258 e. The quantitative estimate of drug-likeness (QED) is 0.370. The smallest absolute Gasteiger partial charge is 0.258 e. The molecule has 230 valence electrons. The van der Waals surface area contributed by atoms with Crippen molar-refractivity contribution in [2.24, 2.45) is 0 Å². The number of carbonyl (C=O) groups excluding carboxylic acids is 3. The van der Waals surface area contributed by atoms with Gasteiger partial charge in [-0.2, -0.15) is 0 Å². The number of rotatable bonds is 2. The van der Waals surface area contributed by atoms with Gasteiger partial charge < -0.3 is 28.9 Å². The van der Waals surface area contributed by atoms with Crippen LogP contribution in [0.15, 0.2) is 47.2 Å². The first-order valence-corrected chi connectivity index (χ1v) is 15.2. The van der Waals surface area contributed by atoms with Gasteiger partial charge >= 0.3 is 0 Å². The Bertz CT molecular complexity index is 1680. The molecular formula is C32H37N7O5. The molecule has 44 heavy (non-hydrogen) atoms. The molecule has 0 aliphatic carbocycles. The lowest BCUT2D eigenvalue weighted by molar-refractivity contribution is -0.134. The lowest BCUT2D eigenvalue weighted by Crippen LogP contribution is -2.46. The maximum absolute atomic E-state index is 14.1. The van der Waals surface area contributed by atoms with Crippen LogP contribution in [0.3, 0.4) is 0 Å². The van der Waals surface area contributed by atoms with E-state index in [1.165, 1.54) is 0 Å². The van der Waals surface area contributed by atoms with Crippen molar-refractivity contribution < 1.29 is 23.6 Å². The summed E-state index contributed by atoms with van der Waals surface area (Å²) in [6, 6.07) is 9.06. The molecule has 0 radical (unpaired) electrons. The fourth-order valence-electron chi connectivity index (χ4n) is 6.01. The third kappa shape index (κ3) is 6.29. The summed E-state index contributed by atoms with van der Waals surface area (Å²) in [5.74, 6) is 1.22. The van der Waals surface area contributed by atoms with Gasteiger partial charge in [-0.15, -0.1) is 0 Å². The minimum absolute atomic E-state index is 0.0985. The molecule has 2 bridgehead atoms. The van der Waals surface area contributed by atoms with Crippen LogP contribution in [0.1, 0.15) is 53.8 Å². The number of benzene rings is 1. The predicted molar refractivity (Wildman–Crippen MR) is 162 cm³/mol. The van der Waals surface area contributed by atoms with E-state index in [0.29, 0.717) is 105 Å². The molecule has 2 aliphatic rings. The van der Waals surface area contributed by atoms with Gasteiger partial charge in [-0.25, -0.2) is 9.97 Å². The van der Waals surface area contributed by atoms with E-state index in [4.69, 9.17) is 9.26 Å². The summed E-state index contributed by atoms with van der Waals surface area (Å²) in [5, 5.41) is 7.49. The summed E-state index contributed by atoms with van der Waals surface area (Å²) in [7, 11) is 0. The molecule has 2 aliphatic heterocycles. The number of pyridine rings is 1. The van der Waals surface area contributed by atoms with E-state index >= 15 is 0 Å². The number of hydrogen-bond acceptors (Lipinski definition) is 8. The molecule has 12 nitrogen and oxygen atoms in total. The minimum atomic E-state index is -0.513. The van der Waals surface area contributed by atoms with Crippen molar-refractivity contribution in [3.63, 3.8) is 0 Å². The van der Waals surface area contributed by atoms with E-state index in [0.717, 1.165) is 11.4 Å². The first-order chi connectivity index (χ1) is 21.4. The Kier molecular flexibility index (Phi) is 8.58. The minimum Gasteiger partial charge on any atom is -0.492 e. The van der Waals surface area contributed by atoms with Crippen LogP contribution >= 0.6 is 0 Å². The zero-order valence-electron chi connectivity index (χ0n) is 25.1.